The smallest absolute Gasteiger partial charge is 0.358 e. The molecule has 1 aromatic rings. The second-order valence-electron chi connectivity index (χ2n) is 2.84. The van der Waals surface area contributed by atoms with Gasteiger partial charge in [0, 0.05) is 6.42 Å². The quantitative estimate of drug-likeness (QED) is 0.468. The third-order valence-electron chi connectivity index (χ3n) is 1.72. The third-order valence-corrected chi connectivity index (χ3v) is 2.24. The molecule has 0 N–H and O–H groups in total. The van der Waals surface area contributed by atoms with Crippen molar-refractivity contribution >= 4 is 34.3 Å². The van der Waals surface area contributed by atoms with Gasteiger partial charge in [0.25, 0.3) is 0 Å². The number of rotatable bonds is 4. The first-order chi connectivity index (χ1) is 7.84. The van der Waals surface area contributed by atoms with Gasteiger partial charge in [-0.25, -0.2) is 0 Å². The van der Waals surface area contributed by atoms with E-state index in [1.807, 2.05) is 0 Å². The van der Waals surface area contributed by atoms with E-state index in [0.29, 0.717) is 4.68 Å². The first kappa shape index (κ1) is 13.5. The highest BCUT2D eigenvalue weighted by Gasteiger charge is 2.25. The summed E-state index contributed by atoms with van der Waals surface area (Å²) in [6, 6.07) is 0. The standard InChI is InChI=1S/C7H4Cl2FN3O4/c8-3(14)1-2-12-7(15)4(9)5(10)6(11-12)13(16)17/h1-2H2. The minimum atomic E-state index is -1.50. The molecule has 1 rings (SSSR count). The summed E-state index contributed by atoms with van der Waals surface area (Å²) in [5.74, 6) is -2.69. The average molecular weight is 284 g/mol. The fraction of sp³-hybridized carbons (Fsp3) is 0.286. The van der Waals surface area contributed by atoms with Crippen LogP contribution in [0.5, 0.6) is 0 Å². The topological polar surface area (TPSA) is 95.1 Å². The van der Waals surface area contributed by atoms with Crippen LogP contribution in [0, 0.1) is 15.9 Å². The molecule has 0 spiro atoms. The van der Waals surface area contributed by atoms with Crippen molar-refractivity contribution in [1.29, 1.82) is 0 Å². The molecule has 0 atom stereocenters. The minimum absolute atomic E-state index is 0.284. The van der Waals surface area contributed by atoms with Gasteiger partial charge in [-0.05, 0) is 16.5 Å². The SMILES string of the molecule is O=C(Cl)CCn1nc([N+](=O)[O-])c(F)c(Cl)c1=O. The predicted molar refractivity (Wildman–Crippen MR) is 55.6 cm³/mol. The zero-order chi connectivity index (χ0) is 13.2. The van der Waals surface area contributed by atoms with E-state index in [9.17, 15) is 24.1 Å². The van der Waals surface area contributed by atoms with Gasteiger partial charge in [0.15, 0.2) is 5.02 Å². The maximum atomic E-state index is 13.1. The fourth-order valence-electron chi connectivity index (χ4n) is 0.971. The van der Waals surface area contributed by atoms with Crippen LogP contribution < -0.4 is 5.56 Å². The molecule has 0 unspecified atom stereocenters. The van der Waals surface area contributed by atoms with E-state index in [0.717, 1.165) is 0 Å². The van der Waals surface area contributed by atoms with Crippen molar-refractivity contribution in [2.75, 3.05) is 0 Å². The summed E-state index contributed by atoms with van der Waals surface area (Å²) in [5, 5.41) is 11.8. The van der Waals surface area contributed by atoms with Gasteiger partial charge in [-0.3, -0.25) is 9.59 Å². The summed E-state index contributed by atoms with van der Waals surface area (Å²) in [5.41, 5.74) is -1.06. The number of carbonyl (C=O) groups is 1. The molecular weight excluding hydrogens is 280 g/mol. The second kappa shape index (κ2) is 5.19. The van der Waals surface area contributed by atoms with Crippen molar-refractivity contribution in [3.63, 3.8) is 0 Å². The number of hydrogen-bond donors (Lipinski definition) is 0. The van der Waals surface area contributed by atoms with Crippen LogP contribution in [0.4, 0.5) is 10.2 Å². The summed E-state index contributed by atoms with van der Waals surface area (Å²) in [7, 11) is 0. The highest BCUT2D eigenvalue weighted by atomic mass is 35.5. The normalized spacial score (nSPS) is 10.3. The number of nitrogens with zero attached hydrogens (tertiary/aromatic N) is 3. The molecule has 0 aliphatic rings. The zero-order valence-corrected chi connectivity index (χ0v) is 9.53. The van der Waals surface area contributed by atoms with Crippen LogP contribution in [0.25, 0.3) is 0 Å². The highest BCUT2D eigenvalue weighted by molar-refractivity contribution is 6.63. The molecule has 0 fully saturated rings. The lowest BCUT2D eigenvalue weighted by Gasteiger charge is -2.00. The maximum Gasteiger partial charge on any atom is 0.426 e. The van der Waals surface area contributed by atoms with Crippen LogP contribution in [0.1, 0.15) is 6.42 Å². The van der Waals surface area contributed by atoms with Crippen LogP contribution in [0.3, 0.4) is 0 Å². The lowest BCUT2D eigenvalue weighted by atomic mass is 10.4. The van der Waals surface area contributed by atoms with Gasteiger partial charge >= 0.3 is 11.4 Å². The van der Waals surface area contributed by atoms with E-state index in [1.165, 1.54) is 0 Å². The molecule has 0 radical (unpaired) electrons. The molecule has 10 heteroatoms. The highest BCUT2D eigenvalue weighted by Crippen LogP contribution is 2.17. The number of carbonyl (C=O) groups excluding carboxylic acids is 1. The molecule has 0 aliphatic heterocycles. The molecule has 0 amide bonds. The minimum Gasteiger partial charge on any atom is -0.358 e. The van der Waals surface area contributed by atoms with Crippen LogP contribution >= 0.6 is 23.2 Å². The van der Waals surface area contributed by atoms with Crippen molar-refractivity contribution in [2.24, 2.45) is 0 Å². The van der Waals surface area contributed by atoms with Crippen LogP contribution in [0.15, 0.2) is 4.79 Å². The van der Waals surface area contributed by atoms with E-state index in [1.54, 1.807) is 0 Å². The molecule has 0 saturated carbocycles. The lowest BCUT2D eigenvalue weighted by Crippen LogP contribution is -2.26. The Morgan fingerprint density at radius 1 is 1.59 bits per heavy atom. The van der Waals surface area contributed by atoms with Crippen molar-refractivity contribution in [1.82, 2.24) is 9.78 Å². The van der Waals surface area contributed by atoms with Gasteiger partial charge in [0.2, 0.25) is 11.1 Å². The first-order valence-corrected chi connectivity index (χ1v) is 4.89. The molecule has 0 aliphatic carbocycles. The summed E-state index contributed by atoms with van der Waals surface area (Å²) >= 11 is 10.3. The molecule has 0 aromatic carbocycles. The number of halogens is 3. The van der Waals surface area contributed by atoms with Crippen LogP contribution in [-0.4, -0.2) is 19.9 Å². The van der Waals surface area contributed by atoms with Gasteiger partial charge in [-0.2, -0.15) is 4.39 Å². The van der Waals surface area contributed by atoms with Crippen molar-refractivity contribution in [3.8, 4) is 0 Å². The van der Waals surface area contributed by atoms with Crippen LogP contribution in [0.2, 0.25) is 5.02 Å². The second-order valence-corrected chi connectivity index (χ2v) is 3.64. The van der Waals surface area contributed by atoms with Gasteiger partial charge in [-0.1, -0.05) is 11.6 Å². The Morgan fingerprint density at radius 2 is 2.18 bits per heavy atom. The number of aromatic nitrogens is 2. The summed E-state index contributed by atoms with van der Waals surface area (Å²) < 4.78 is 13.7. The molecule has 17 heavy (non-hydrogen) atoms. The van der Waals surface area contributed by atoms with E-state index in [2.05, 4.69) is 5.10 Å². The van der Waals surface area contributed by atoms with Crippen molar-refractivity contribution in [2.45, 2.75) is 13.0 Å². The van der Waals surface area contributed by atoms with E-state index in [4.69, 9.17) is 23.2 Å². The Balaban J connectivity index is 3.27. The molecule has 1 heterocycles. The predicted octanol–water partition coefficient (Wildman–Crippen LogP) is 1.10. The van der Waals surface area contributed by atoms with Gasteiger partial charge in [0.1, 0.15) is 0 Å². The Labute approximate surface area is 103 Å². The summed E-state index contributed by atoms with van der Waals surface area (Å²) in [6.45, 7) is -0.317. The third kappa shape index (κ3) is 2.98. The summed E-state index contributed by atoms with van der Waals surface area (Å²) in [4.78, 5) is 31.1. The summed E-state index contributed by atoms with van der Waals surface area (Å²) in [6.07, 6.45) is -0.284. The first-order valence-electron chi connectivity index (χ1n) is 4.13. The zero-order valence-electron chi connectivity index (χ0n) is 8.02. The van der Waals surface area contributed by atoms with Crippen molar-refractivity contribution in [3.05, 3.63) is 31.3 Å². The van der Waals surface area contributed by atoms with Gasteiger partial charge in [-0.15, -0.1) is 4.68 Å². The lowest BCUT2D eigenvalue weighted by molar-refractivity contribution is -0.393. The molecule has 7 nitrogen and oxygen atoms in total. The molecule has 0 bridgehead atoms. The Hall–Kier alpha value is -1.54. The number of aryl methyl sites for hydroxylation is 1. The monoisotopic (exact) mass is 283 g/mol. The molecule has 1 aromatic heterocycles. The van der Waals surface area contributed by atoms with Gasteiger partial charge < -0.3 is 10.1 Å². The number of nitro groups is 1. The van der Waals surface area contributed by atoms with Crippen LogP contribution in [-0.2, 0) is 11.3 Å². The fourth-order valence-corrected chi connectivity index (χ4v) is 1.24. The van der Waals surface area contributed by atoms with E-state index >= 15 is 0 Å². The Morgan fingerprint density at radius 3 is 2.65 bits per heavy atom. The Bertz CT molecular complexity index is 545. The molecular formula is C7H4Cl2FN3O4. The largest absolute Gasteiger partial charge is 0.426 e. The van der Waals surface area contributed by atoms with E-state index < -0.39 is 32.4 Å². The maximum absolute atomic E-state index is 13.1. The average Bonchev–Trinajstić information content (AvgIpc) is 2.24. The van der Waals surface area contributed by atoms with Gasteiger partial charge in [0.05, 0.1) is 11.6 Å². The molecule has 0 saturated heterocycles. The Kier molecular flexibility index (Phi) is 4.13. The number of hydrogen-bond acceptors (Lipinski definition) is 5. The molecule has 92 valence electrons. The van der Waals surface area contributed by atoms with Crippen molar-refractivity contribution < 1.29 is 14.1 Å². The van der Waals surface area contributed by atoms with E-state index in [-0.39, 0.29) is 13.0 Å².